The normalized spacial score (nSPS) is 13.2. The first-order chi connectivity index (χ1) is 13.6. The highest BCUT2D eigenvalue weighted by Gasteiger charge is 2.22. The summed E-state index contributed by atoms with van der Waals surface area (Å²) in [4.78, 5) is 16.2. The number of nitrogens with zero attached hydrogens (tertiary/aromatic N) is 3. The topological polar surface area (TPSA) is 59.8 Å². The molecule has 0 unspecified atom stereocenters. The maximum atomic E-state index is 13.7. The Morgan fingerprint density at radius 1 is 1.07 bits per heavy atom. The first-order valence-electron chi connectivity index (χ1n) is 9.36. The van der Waals surface area contributed by atoms with Crippen LogP contribution in [0.2, 0.25) is 0 Å². The molecule has 0 radical (unpaired) electrons. The van der Waals surface area contributed by atoms with Crippen molar-refractivity contribution in [1.29, 1.82) is 0 Å². The number of carbonyl (C=O) groups excluding carboxylic acids is 1. The minimum absolute atomic E-state index is 0.233. The molecule has 0 aliphatic heterocycles. The lowest BCUT2D eigenvalue weighted by Gasteiger charge is -2.14. The van der Waals surface area contributed by atoms with E-state index in [1.165, 1.54) is 17.3 Å². The first kappa shape index (κ1) is 18.3. The molecule has 144 valence electrons. The van der Waals surface area contributed by atoms with Crippen LogP contribution in [0.1, 0.15) is 34.5 Å². The van der Waals surface area contributed by atoms with Crippen molar-refractivity contribution in [2.24, 2.45) is 0 Å². The fourth-order valence-electron chi connectivity index (χ4n) is 3.68. The number of rotatable bonds is 5. The van der Waals surface area contributed by atoms with Gasteiger partial charge in [-0.3, -0.25) is 14.5 Å². The number of aromatic nitrogens is 3. The number of hydrogen-bond donors (Lipinski definition) is 1. The molecule has 0 saturated carbocycles. The van der Waals surface area contributed by atoms with Gasteiger partial charge in [-0.05, 0) is 49.9 Å². The summed E-state index contributed by atoms with van der Waals surface area (Å²) in [6.07, 6.45) is 7.62. The van der Waals surface area contributed by atoms with Gasteiger partial charge in [0.1, 0.15) is 17.2 Å². The van der Waals surface area contributed by atoms with E-state index in [4.69, 9.17) is 5.10 Å². The third-order valence-corrected chi connectivity index (χ3v) is 5.01. The number of hydrogen-bond acceptors (Lipinski definition) is 3. The molecule has 7 heteroatoms. The van der Waals surface area contributed by atoms with Crippen LogP contribution in [0.4, 0.5) is 8.78 Å². The van der Waals surface area contributed by atoms with E-state index in [1.54, 1.807) is 12.4 Å². The van der Waals surface area contributed by atoms with Crippen LogP contribution in [-0.4, -0.2) is 27.2 Å². The smallest absolute Gasteiger partial charge is 0.257 e. The highest BCUT2D eigenvalue weighted by molar-refractivity contribution is 5.94. The van der Waals surface area contributed by atoms with E-state index in [0.717, 1.165) is 49.1 Å². The van der Waals surface area contributed by atoms with Crippen molar-refractivity contribution in [3.63, 3.8) is 0 Å². The predicted molar refractivity (Wildman–Crippen MR) is 101 cm³/mol. The van der Waals surface area contributed by atoms with Crippen molar-refractivity contribution in [2.45, 2.75) is 32.2 Å². The highest BCUT2D eigenvalue weighted by Crippen LogP contribution is 2.30. The molecule has 0 bridgehead atoms. The molecule has 28 heavy (non-hydrogen) atoms. The van der Waals surface area contributed by atoms with E-state index in [0.29, 0.717) is 6.54 Å². The maximum absolute atomic E-state index is 13.7. The highest BCUT2D eigenvalue weighted by atomic mass is 19.1. The summed E-state index contributed by atoms with van der Waals surface area (Å²) in [5.74, 6) is -2.49. The molecule has 5 nitrogen and oxygen atoms in total. The molecule has 3 aromatic rings. The second-order valence-electron chi connectivity index (χ2n) is 6.79. The van der Waals surface area contributed by atoms with Gasteiger partial charge >= 0.3 is 0 Å². The average molecular weight is 382 g/mol. The zero-order valence-electron chi connectivity index (χ0n) is 15.3. The number of carbonyl (C=O) groups is 1. The van der Waals surface area contributed by atoms with Crippen LogP contribution in [0.3, 0.4) is 0 Å². The standard InChI is InChI=1S/C21H20F2N4O/c22-16-5-3-6-17(23)19(16)21(28)25-12-13-27-18-7-2-1-4-15(18)20(26-27)14-8-10-24-11-9-14/h3,5-6,8-11H,1-2,4,7,12-13H2,(H,25,28). The van der Waals surface area contributed by atoms with Crippen molar-refractivity contribution in [2.75, 3.05) is 6.54 Å². The van der Waals surface area contributed by atoms with E-state index < -0.39 is 23.1 Å². The first-order valence-corrected chi connectivity index (χ1v) is 9.36. The van der Waals surface area contributed by atoms with Gasteiger partial charge in [0.15, 0.2) is 0 Å². The molecule has 2 aromatic heterocycles. The molecule has 4 rings (SSSR count). The summed E-state index contributed by atoms with van der Waals surface area (Å²) in [5.41, 5.74) is 3.82. The zero-order valence-corrected chi connectivity index (χ0v) is 15.3. The van der Waals surface area contributed by atoms with Gasteiger partial charge in [0.25, 0.3) is 5.91 Å². The summed E-state index contributed by atoms with van der Waals surface area (Å²) in [6.45, 7) is 0.672. The number of fused-ring (bicyclic) bond motifs is 1. The predicted octanol–water partition coefficient (Wildman–Crippen LogP) is 3.53. The van der Waals surface area contributed by atoms with Gasteiger partial charge in [-0.2, -0.15) is 5.10 Å². The van der Waals surface area contributed by atoms with Crippen LogP contribution in [0.25, 0.3) is 11.3 Å². The number of halogens is 2. The van der Waals surface area contributed by atoms with E-state index in [1.807, 2.05) is 16.8 Å². The summed E-state index contributed by atoms with van der Waals surface area (Å²) in [6, 6.07) is 7.25. The molecule has 0 spiro atoms. The molecule has 1 N–H and O–H groups in total. The van der Waals surface area contributed by atoms with Gasteiger partial charge in [0.2, 0.25) is 0 Å². The SMILES string of the molecule is O=C(NCCn1nc(-c2ccncc2)c2c1CCCC2)c1c(F)cccc1F. The fourth-order valence-corrected chi connectivity index (χ4v) is 3.68. The zero-order chi connectivity index (χ0) is 19.5. The van der Waals surface area contributed by atoms with Gasteiger partial charge in [0, 0.05) is 35.8 Å². The van der Waals surface area contributed by atoms with Crippen LogP contribution in [0, 0.1) is 11.6 Å². The molecule has 0 atom stereocenters. The lowest BCUT2D eigenvalue weighted by Crippen LogP contribution is -2.29. The van der Waals surface area contributed by atoms with E-state index >= 15 is 0 Å². The third-order valence-electron chi connectivity index (χ3n) is 5.01. The van der Waals surface area contributed by atoms with Gasteiger partial charge < -0.3 is 5.32 Å². The van der Waals surface area contributed by atoms with Gasteiger partial charge in [-0.25, -0.2) is 8.78 Å². The summed E-state index contributed by atoms with van der Waals surface area (Å²) in [5, 5.41) is 7.35. The van der Waals surface area contributed by atoms with Crippen molar-refractivity contribution in [3.8, 4) is 11.3 Å². The van der Waals surface area contributed by atoms with Crippen molar-refractivity contribution >= 4 is 5.91 Å². The molecule has 1 aliphatic carbocycles. The van der Waals surface area contributed by atoms with Crippen molar-refractivity contribution < 1.29 is 13.6 Å². The lowest BCUT2D eigenvalue weighted by molar-refractivity contribution is 0.0943. The quantitative estimate of drug-likeness (QED) is 0.734. The molecule has 0 fully saturated rings. The van der Waals surface area contributed by atoms with Crippen LogP contribution in [0.5, 0.6) is 0 Å². The van der Waals surface area contributed by atoms with Gasteiger partial charge in [0.05, 0.1) is 12.2 Å². The minimum atomic E-state index is -0.867. The molecular formula is C21H20F2N4O. The Hall–Kier alpha value is -3.09. The fraction of sp³-hybridized carbons (Fsp3) is 0.286. The molecule has 1 aliphatic rings. The largest absolute Gasteiger partial charge is 0.350 e. The van der Waals surface area contributed by atoms with E-state index in [-0.39, 0.29) is 6.54 Å². The summed E-state index contributed by atoms with van der Waals surface area (Å²) < 4.78 is 29.4. The Bertz CT molecular complexity index is 981. The second kappa shape index (κ2) is 7.88. The summed E-state index contributed by atoms with van der Waals surface area (Å²) >= 11 is 0. The molecule has 2 heterocycles. The Labute approximate surface area is 161 Å². The van der Waals surface area contributed by atoms with E-state index in [2.05, 4.69) is 10.3 Å². The monoisotopic (exact) mass is 382 g/mol. The van der Waals surface area contributed by atoms with Gasteiger partial charge in [-0.15, -0.1) is 0 Å². The lowest BCUT2D eigenvalue weighted by atomic mass is 9.94. The summed E-state index contributed by atoms with van der Waals surface area (Å²) in [7, 11) is 0. The van der Waals surface area contributed by atoms with Crippen LogP contribution in [-0.2, 0) is 19.4 Å². The minimum Gasteiger partial charge on any atom is -0.350 e. The van der Waals surface area contributed by atoms with Gasteiger partial charge in [-0.1, -0.05) is 6.07 Å². The number of amides is 1. The van der Waals surface area contributed by atoms with Crippen molar-refractivity contribution in [1.82, 2.24) is 20.1 Å². The average Bonchev–Trinajstić information content (AvgIpc) is 3.07. The number of nitrogens with one attached hydrogen (secondary N) is 1. The van der Waals surface area contributed by atoms with Crippen molar-refractivity contribution in [3.05, 3.63) is 71.2 Å². The molecular weight excluding hydrogens is 362 g/mol. The molecule has 0 saturated heterocycles. The molecule has 1 amide bonds. The molecule has 1 aromatic carbocycles. The Kier molecular flexibility index (Phi) is 5.14. The Morgan fingerprint density at radius 3 is 2.54 bits per heavy atom. The third kappa shape index (κ3) is 3.52. The maximum Gasteiger partial charge on any atom is 0.257 e. The Balaban J connectivity index is 1.51. The number of pyridine rings is 1. The van der Waals surface area contributed by atoms with Crippen LogP contribution < -0.4 is 5.32 Å². The number of benzene rings is 1. The van der Waals surface area contributed by atoms with E-state index in [9.17, 15) is 13.6 Å². The van der Waals surface area contributed by atoms with Crippen LogP contribution >= 0.6 is 0 Å². The second-order valence-corrected chi connectivity index (χ2v) is 6.79. The Morgan fingerprint density at radius 2 is 1.79 bits per heavy atom. The van der Waals surface area contributed by atoms with Crippen LogP contribution in [0.15, 0.2) is 42.7 Å².